The van der Waals surface area contributed by atoms with Gasteiger partial charge in [-0.05, 0) is 19.8 Å². The summed E-state index contributed by atoms with van der Waals surface area (Å²) in [6.45, 7) is 4.12. The molecule has 0 atom stereocenters. The van der Waals surface area contributed by atoms with Crippen LogP contribution >= 0.6 is 0 Å². The average Bonchev–Trinajstić information content (AvgIpc) is 2.88. The van der Waals surface area contributed by atoms with E-state index in [1.54, 1.807) is 0 Å². The normalized spacial score (nSPS) is 16.5. The van der Waals surface area contributed by atoms with Gasteiger partial charge in [-0.25, -0.2) is 4.98 Å². The van der Waals surface area contributed by atoms with E-state index in [-0.39, 0.29) is 0 Å². The molecule has 1 fully saturated rings. The van der Waals surface area contributed by atoms with Gasteiger partial charge in [0.2, 0.25) is 5.65 Å². The highest BCUT2D eigenvalue weighted by molar-refractivity contribution is 5.64. The van der Waals surface area contributed by atoms with Crippen molar-refractivity contribution in [3.05, 3.63) is 18.2 Å². The van der Waals surface area contributed by atoms with Gasteiger partial charge in [0.25, 0.3) is 0 Å². The number of nitrogens with zero attached hydrogens (tertiary/aromatic N) is 5. The fourth-order valence-corrected chi connectivity index (χ4v) is 2.08. The Labute approximate surface area is 87.8 Å². The van der Waals surface area contributed by atoms with Crippen LogP contribution in [0.4, 0.5) is 5.82 Å². The third-order valence-electron chi connectivity index (χ3n) is 2.88. The van der Waals surface area contributed by atoms with E-state index in [0.717, 1.165) is 30.4 Å². The SMILES string of the molecule is Cc1nnc2c(N3CCCC3)nccn12. The Morgan fingerprint density at radius 3 is 2.80 bits per heavy atom. The van der Waals surface area contributed by atoms with Crippen molar-refractivity contribution in [1.82, 2.24) is 19.6 Å². The van der Waals surface area contributed by atoms with Crippen molar-refractivity contribution < 1.29 is 0 Å². The van der Waals surface area contributed by atoms with Crippen LogP contribution in [-0.2, 0) is 0 Å². The van der Waals surface area contributed by atoms with E-state index in [4.69, 9.17) is 0 Å². The van der Waals surface area contributed by atoms with Gasteiger partial charge >= 0.3 is 0 Å². The summed E-state index contributed by atoms with van der Waals surface area (Å²) in [4.78, 5) is 6.69. The summed E-state index contributed by atoms with van der Waals surface area (Å²) < 4.78 is 1.99. The Morgan fingerprint density at radius 1 is 1.20 bits per heavy atom. The first-order chi connectivity index (χ1) is 7.36. The van der Waals surface area contributed by atoms with Crippen LogP contribution in [0.5, 0.6) is 0 Å². The molecule has 1 aliphatic rings. The first-order valence-corrected chi connectivity index (χ1v) is 5.27. The van der Waals surface area contributed by atoms with Gasteiger partial charge in [0, 0.05) is 25.5 Å². The quantitative estimate of drug-likeness (QED) is 0.694. The second kappa shape index (κ2) is 3.18. The van der Waals surface area contributed by atoms with E-state index in [1.165, 1.54) is 12.8 Å². The van der Waals surface area contributed by atoms with Crippen molar-refractivity contribution in [1.29, 1.82) is 0 Å². The van der Waals surface area contributed by atoms with Crippen LogP contribution in [0, 0.1) is 6.92 Å². The number of rotatable bonds is 1. The average molecular weight is 203 g/mol. The molecule has 0 spiro atoms. The lowest BCUT2D eigenvalue weighted by Crippen LogP contribution is -2.19. The third-order valence-corrected chi connectivity index (χ3v) is 2.88. The minimum Gasteiger partial charge on any atom is -0.353 e. The summed E-state index contributed by atoms with van der Waals surface area (Å²) in [6, 6.07) is 0. The summed E-state index contributed by atoms with van der Waals surface area (Å²) in [5, 5.41) is 8.25. The zero-order valence-electron chi connectivity index (χ0n) is 8.72. The minimum absolute atomic E-state index is 0.872. The lowest BCUT2D eigenvalue weighted by Gasteiger charge is -2.15. The first-order valence-electron chi connectivity index (χ1n) is 5.27. The maximum Gasteiger partial charge on any atom is 0.203 e. The summed E-state index contributed by atoms with van der Waals surface area (Å²) >= 11 is 0. The van der Waals surface area contributed by atoms with E-state index in [1.807, 2.05) is 23.7 Å². The number of hydrogen-bond acceptors (Lipinski definition) is 4. The first kappa shape index (κ1) is 8.64. The fourth-order valence-electron chi connectivity index (χ4n) is 2.08. The van der Waals surface area contributed by atoms with Gasteiger partial charge in [-0.2, -0.15) is 0 Å². The predicted molar refractivity (Wildman–Crippen MR) is 57.0 cm³/mol. The van der Waals surface area contributed by atoms with Gasteiger partial charge in [-0.3, -0.25) is 4.40 Å². The van der Waals surface area contributed by atoms with Crippen LogP contribution in [-0.4, -0.2) is 32.7 Å². The molecule has 3 heterocycles. The molecule has 0 aliphatic carbocycles. The molecule has 0 aromatic carbocycles. The standard InChI is InChI=1S/C10H13N5/c1-8-12-13-10-9(11-4-7-15(8)10)14-5-2-3-6-14/h4,7H,2-3,5-6H2,1H3. The Kier molecular flexibility index (Phi) is 1.83. The molecule has 5 nitrogen and oxygen atoms in total. The fraction of sp³-hybridized carbons (Fsp3) is 0.500. The van der Waals surface area contributed by atoms with E-state index < -0.39 is 0 Å². The van der Waals surface area contributed by atoms with E-state index in [0.29, 0.717) is 0 Å². The van der Waals surface area contributed by atoms with Crippen molar-refractivity contribution in [2.75, 3.05) is 18.0 Å². The van der Waals surface area contributed by atoms with Crippen LogP contribution < -0.4 is 4.90 Å². The number of anilines is 1. The number of fused-ring (bicyclic) bond motifs is 1. The second-order valence-corrected chi connectivity index (χ2v) is 3.89. The van der Waals surface area contributed by atoms with Crippen molar-refractivity contribution in [3.63, 3.8) is 0 Å². The van der Waals surface area contributed by atoms with E-state index in [2.05, 4.69) is 20.1 Å². The predicted octanol–water partition coefficient (Wildman–Crippen LogP) is 1.03. The van der Waals surface area contributed by atoms with Gasteiger partial charge in [0.1, 0.15) is 5.82 Å². The Hall–Kier alpha value is -1.65. The molecule has 15 heavy (non-hydrogen) atoms. The lowest BCUT2D eigenvalue weighted by atomic mass is 10.4. The molecule has 0 amide bonds. The van der Waals surface area contributed by atoms with Crippen molar-refractivity contribution in [2.45, 2.75) is 19.8 Å². The molecule has 0 radical (unpaired) electrons. The van der Waals surface area contributed by atoms with Crippen molar-refractivity contribution >= 4 is 11.5 Å². The molecule has 5 heteroatoms. The van der Waals surface area contributed by atoms with Gasteiger partial charge < -0.3 is 4.90 Å². The highest BCUT2D eigenvalue weighted by Crippen LogP contribution is 2.21. The largest absolute Gasteiger partial charge is 0.353 e. The lowest BCUT2D eigenvalue weighted by molar-refractivity contribution is 0.924. The molecule has 0 saturated carbocycles. The molecular formula is C10H13N5. The number of aryl methyl sites for hydroxylation is 1. The highest BCUT2D eigenvalue weighted by Gasteiger charge is 2.18. The molecule has 0 bridgehead atoms. The molecule has 2 aromatic heterocycles. The third kappa shape index (κ3) is 1.26. The number of aromatic nitrogens is 4. The molecule has 78 valence electrons. The van der Waals surface area contributed by atoms with Gasteiger partial charge in [0.15, 0.2) is 5.82 Å². The smallest absolute Gasteiger partial charge is 0.203 e. The van der Waals surface area contributed by atoms with Crippen molar-refractivity contribution in [3.8, 4) is 0 Å². The summed E-state index contributed by atoms with van der Waals surface area (Å²) in [7, 11) is 0. The van der Waals surface area contributed by atoms with Gasteiger partial charge in [-0.15, -0.1) is 10.2 Å². The van der Waals surface area contributed by atoms with Crippen molar-refractivity contribution in [2.24, 2.45) is 0 Å². The van der Waals surface area contributed by atoms with Crippen LogP contribution in [0.15, 0.2) is 12.4 Å². The second-order valence-electron chi connectivity index (χ2n) is 3.89. The van der Waals surface area contributed by atoms with Crippen LogP contribution in [0.3, 0.4) is 0 Å². The van der Waals surface area contributed by atoms with Gasteiger partial charge in [-0.1, -0.05) is 0 Å². The van der Waals surface area contributed by atoms with Crippen LogP contribution in [0.1, 0.15) is 18.7 Å². The zero-order chi connectivity index (χ0) is 10.3. The number of hydrogen-bond donors (Lipinski definition) is 0. The molecular weight excluding hydrogens is 190 g/mol. The topological polar surface area (TPSA) is 46.3 Å². The molecule has 0 unspecified atom stereocenters. The molecule has 2 aromatic rings. The minimum atomic E-state index is 0.872. The maximum atomic E-state index is 4.40. The van der Waals surface area contributed by atoms with Gasteiger partial charge in [0.05, 0.1) is 0 Å². The molecule has 1 aliphatic heterocycles. The summed E-state index contributed by atoms with van der Waals surface area (Å²) in [6.07, 6.45) is 6.22. The highest BCUT2D eigenvalue weighted by atomic mass is 15.3. The Morgan fingerprint density at radius 2 is 2.00 bits per heavy atom. The summed E-state index contributed by atoms with van der Waals surface area (Å²) in [5.74, 6) is 1.88. The summed E-state index contributed by atoms with van der Waals surface area (Å²) in [5.41, 5.74) is 0.872. The van der Waals surface area contributed by atoms with E-state index in [9.17, 15) is 0 Å². The Balaban J connectivity index is 2.17. The maximum absolute atomic E-state index is 4.40. The zero-order valence-corrected chi connectivity index (χ0v) is 8.72. The van der Waals surface area contributed by atoms with E-state index >= 15 is 0 Å². The van der Waals surface area contributed by atoms with Crippen LogP contribution in [0.25, 0.3) is 5.65 Å². The molecule has 1 saturated heterocycles. The molecule has 3 rings (SSSR count). The molecule has 0 N–H and O–H groups in total. The monoisotopic (exact) mass is 203 g/mol. The van der Waals surface area contributed by atoms with Crippen LogP contribution in [0.2, 0.25) is 0 Å². The Bertz CT molecular complexity index is 484.